The number of ether oxygens (including phenoxy) is 2. The van der Waals surface area contributed by atoms with E-state index in [1.165, 1.54) is 17.8 Å². The van der Waals surface area contributed by atoms with E-state index in [2.05, 4.69) is 25.4 Å². The molecule has 1 atom stereocenters. The van der Waals surface area contributed by atoms with Gasteiger partial charge >= 0.3 is 12.3 Å². The summed E-state index contributed by atoms with van der Waals surface area (Å²) in [6.07, 6.45) is -5.10. The van der Waals surface area contributed by atoms with Gasteiger partial charge in [0.25, 0.3) is 0 Å². The van der Waals surface area contributed by atoms with Crippen LogP contribution in [0.5, 0.6) is 5.75 Å². The van der Waals surface area contributed by atoms with E-state index in [1.807, 2.05) is 30.3 Å². The highest BCUT2D eigenvalue weighted by atomic mass is 79.9. The van der Waals surface area contributed by atoms with Crippen molar-refractivity contribution in [1.82, 2.24) is 4.72 Å². The van der Waals surface area contributed by atoms with Crippen LogP contribution in [-0.4, -0.2) is 39.2 Å². The van der Waals surface area contributed by atoms with E-state index < -0.39 is 39.0 Å². The monoisotopic (exact) mass is 541 g/mol. The summed E-state index contributed by atoms with van der Waals surface area (Å²) >= 11 is 4.26. The molecule has 0 saturated carbocycles. The molecule has 31 heavy (non-hydrogen) atoms. The van der Waals surface area contributed by atoms with Crippen molar-refractivity contribution in [3.05, 3.63) is 58.6 Å². The minimum absolute atomic E-state index is 0.0128. The number of carbonyl (C=O) groups excluding carboxylic acids is 1. The Morgan fingerprint density at radius 2 is 1.87 bits per heavy atom. The Kier molecular flexibility index (Phi) is 9.22. The first kappa shape index (κ1) is 25.5. The van der Waals surface area contributed by atoms with Gasteiger partial charge in [-0.1, -0.05) is 46.3 Å². The third-order valence-electron chi connectivity index (χ3n) is 3.69. The summed E-state index contributed by atoms with van der Waals surface area (Å²) in [6.45, 7) is 1.58. The van der Waals surface area contributed by atoms with Gasteiger partial charge in [-0.15, -0.1) is 13.2 Å². The zero-order valence-electron chi connectivity index (χ0n) is 16.2. The highest BCUT2D eigenvalue weighted by Crippen LogP contribution is 2.32. The van der Waals surface area contributed by atoms with E-state index in [1.54, 1.807) is 6.92 Å². The second-order valence-corrected chi connectivity index (χ2v) is 9.69. The molecule has 0 radical (unpaired) electrons. The molecule has 0 bridgehead atoms. The number of hydrogen-bond donors (Lipinski definition) is 1. The number of nitrogens with one attached hydrogen (secondary N) is 1. The van der Waals surface area contributed by atoms with Crippen molar-refractivity contribution in [1.29, 1.82) is 0 Å². The molecule has 0 aromatic heterocycles. The van der Waals surface area contributed by atoms with Crippen molar-refractivity contribution in [2.45, 2.75) is 30.0 Å². The van der Waals surface area contributed by atoms with Crippen LogP contribution in [0.25, 0.3) is 0 Å². The van der Waals surface area contributed by atoms with E-state index in [4.69, 9.17) is 4.74 Å². The lowest BCUT2D eigenvalue weighted by Gasteiger charge is -2.19. The molecule has 2 aromatic rings. The van der Waals surface area contributed by atoms with Gasteiger partial charge in [-0.3, -0.25) is 4.79 Å². The van der Waals surface area contributed by atoms with Crippen molar-refractivity contribution in [3.63, 3.8) is 0 Å². The molecule has 0 aliphatic rings. The predicted molar refractivity (Wildman–Crippen MR) is 114 cm³/mol. The molecule has 12 heteroatoms. The SMILES string of the molecule is CCOC(=O)C(CSCc1ccccc1)NS(=O)(=O)c1ccc(Br)cc1OC(F)(F)F. The van der Waals surface area contributed by atoms with Crippen LogP contribution in [0.2, 0.25) is 0 Å². The van der Waals surface area contributed by atoms with E-state index >= 15 is 0 Å². The zero-order chi connectivity index (χ0) is 23.1. The topological polar surface area (TPSA) is 81.7 Å². The first-order valence-electron chi connectivity index (χ1n) is 8.88. The van der Waals surface area contributed by atoms with E-state index in [0.717, 1.165) is 17.7 Å². The van der Waals surface area contributed by atoms with Gasteiger partial charge in [0.1, 0.15) is 10.9 Å². The summed E-state index contributed by atoms with van der Waals surface area (Å²) < 4.78 is 74.9. The second kappa shape index (κ2) is 11.2. The summed E-state index contributed by atoms with van der Waals surface area (Å²) in [5.74, 6) is -1.24. The standard InChI is InChI=1S/C19H19BrF3NO5S2/c1-2-28-18(25)15(12-30-11-13-6-4-3-5-7-13)24-31(26,27)17-9-8-14(20)10-16(17)29-19(21,22)23/h3-10,15,24H,2,11-12H2,1H3. The predicted octanol–water partition coefficient (Wildman–Crippen LogP) is 4.49. The summed E-state index contributed by atoms with van der Waals surface area (Å²) in [6, 6.07) is 11.1. The molecule has 0 fully saturated rings. The molecule has 0 spiro atoms. The number of thioether (sulfide) groups is 1. The van der Waals surface area contributed by atoms with Gasteiger partial charge in [0.05, 0.1) is 6.61 Å². The molecule has 2 aromatic carbocycles. The molecule has 6 nitrogen and oxygen atoms in total. The van der Waals surface area contributed by atoms with Gasteiger partial charge in [-0.2, -0.15) is 16.5 Å². The summed E-state index contributed by atoms with van der Waals surface area (Å²) in [5, 5.41) is 0. The van der Waals surface area contributed by atoms with Gasteiger partial charge in [0.2, 0.25) is 10.0 Å². The van der Waals surface area contributed by atoms with Crippen LogP contribution in [0.15, 0.2) is 57.9 Å². The number of rotatable bonds is 10. The van der Waals surface area contributed by atoms with Gasteiger partial charge in [-0.25, -0.2) is 8.42 Å². The van der Waals surface area contributed by atoms with Crippen LogP contribution in [0.3, 0.4) is 0 Å². The van der Waals surface area contributed by atoms with Crippen molar-refractivity contribution in [2.24, 2.45) is 0 Å². The van der Waals surface area contributed by atoms with Crippen molar-refractivity contribution in [3.8, 4) is 5.75 Å². The van der Waals surface area contributed by atoms with Gasteiger partial charge in [0, 0.05) is 16.0 Å². The minimum atomic E-state index is -5.10. The Bertz CT molecular complexity index is 988. The third-order valence-corrected chi connectivity index (χ3v) is 6.80. The number of sulfonamides is 1. The fourth-order valence-electron chi connectivity index (χ4n) is 2.42. The van der Waals surface area contributed by atoms with Crippen LogP contribution < -0.4 is 9.46 Å². The smallest absolute Gasteiger partial charge is 0.465 e. The average molecular weight is 542 g/mol. The minimum Gasteiger partial charge on any atom is -0.465 e. The zero-order valence-corrected chi connectivity index (χ0v) is 19.4. The molecule has 1 unspecified atom stereocenters. The van der Waals surface area contributed by atoms with E-state index in [0.29, 0.717) is 5.75 Å². The lowest BCUT2D eigenvalue weighted by molar-refractivity contribution is -0.275. The quantitative estimate of drug-likeness (QED) is 0.446. The highest BCUT2D eigenvalue weighted by molar-refractivity contribution is 9.10. The molecule has 1 N–H and O–H groups in total. The van der Waals surface area contributed by atoms with Crippen LogP contribution in [0, 0.1) is 0 Å². The fourth-order valence-corrected chi connectivity index (χ4v) is 5.16. The number of benzene rings is 2. The van der Waals surface area contributed by atoms with Crippen LogP contribution in [0.4, 0.5) is 13.2 Å². The molecular weight excluding hydrogens is 523 g/mol. The van der Waals surface area contributed by atoms with E-state index in [9.17, 15) is 26.4 Å². The average Bonchev–Trinajstić information content (AvgIpc) is 2.66. The number of carbonyl (C=O) groups is 1. The lowest BCUT2D eigenvalue weighted by Crippen LogP contribution is -2.43. The van der Waals surface area contributed by atoms with Crippen molar-refractivity contribution >= 4 is 43.7 Å². The Labute approximate surface area is 190 Å². The highest BCUT2D eigenvalue weighted by Gasteiger charge is 2.35. The van der Waals surface area contributed by atoms with E-state index in [-0.39, 0.29) is 16.8 Å². The third kappa shape index (κ3) is 8.36. The number of halogens is 4. The first-order valence-corrected chi connectivity index (χ1v) is 12.3. The second-order valence-electron chi connectivity index (χ2n) is 6.07. The molecule has 0 amide bonds. The van der Waals surface area contributed by atoms with Crippen molar-refractivity contribution < 1.29 is 35.9 Å². The lowest BCUT2D eigenvalue weighted by atomic mass is 10.2. The number of alkyl halides is 3. The molecule has 0 saturated heterocycles. The Morgan fingerprint density at radius 1 is 1.19 bits per heavy atom. The van der Waals surface area contributed by atoms with Gasteiger partial charge < -0.3 is 9.47 Å². The molecule has 170 valence electrons. The Hall–Kier alpha value is -1.76. The molecule has 2 rings (SSSR count). The largest absolute Gasteiger partial charge is 0.573 e. The maximum Gasteiger partial charge on any atom is 0.573 e. The number of hydrogen-bond acceptors (Lipinski definition) is 6. The summed E-state index contributed by atoms with van der Waals surface area (Å²) in [7, 11) is -4.55. The molecule has 0 aliphatic carbocycles. The Morgan fingerprint density at radius 3 is 2.48 bits per heavy atom. The van der Waals surface area contributed by atoms with Crippen LogP contribution in [-0.2, 0) is 25.3 Å². The fraction of sp³-hybridized carbons (Fsp3) is 0.316. The maximum absolute atomic E-state index is 12.8. The van der Waals surface area contributed by atoms with Crippen LogP contribution in [0.1, 0.15) is 12.5 Å². The van der Waals surface area contributed by atoms with Crippen molar-refractivity contribution in [2.75, 3.05) is 12.4 Å². The maximum atomic E-state index is 12.8. The van der Waals surface area contributed by atoms with Crippen LogP contribution >= 0.6 is 27.7 Å². The normalized spacial score (nSPS) is 12.9. The van der Waals surface area contributed by atoms with Gasteiger partial charge in [-0.05, 0) is 30.7 Å². The Balaban J connectivity index is 2.23. The van der Waals surface area contributed by atoms with Gasteiger partial charge in [0.15, 0.2) is 5.75 Å². The summed E-state index contributed by atoms with van der Waals surface area (Å²) in [4.78, 5) is 11.5. The first-order chi connectivity index (χ1) is 14.5. The molecule has 0 aliphatic heterocycles. The summed E-state index contributed by atoms with van der Waals surface area (Å²) in [5.41, 5.74) is 0.965. The molecule has 0 heterocycles. The molecular formula is C19H19BrF3NO5S2. The number of esters is 1.